The zero-order valence-electron chi connectivity index (χ0n) is 16.6. The van der Waals surface area contributed by atoms with Crippen LogP contribution in [-0.4, -0.2) is 35.3 Å². The predicted octanol–water partition coefficient (Wildman–Crippen LogP) is 3.83. The molecule has 0 fully saturated rings. The molecule has 150 valence electrons. The van der Waals surface area contributed by atoms with Crippen molar-refractivity contribution in [2.45, 2.75) is 30.3 Å². The van der Waals surface area contributed by atoms with E-state index in [2.05, 4.69) is 28.5 Å². The minimum absolute atomic E-state index is 0.0536. The number of carbonyl (C=O) groups is 2. The summed E-state index contributed by atoms with van der Waals surface area (Å²) in [5.74, 6) is 0.149. The van der Waals surface area contributed by atoms with E-state index < -0.39 is 0 Å². The Balaban J connectivity index is 1.68. The molecule has 0 aliphatic rings. The van der Waals surface area contributed by atoms with Gasteiger partial charge in [-0.15, -0.1) is 0 Å². The lowest BCUT2D eigenvalue weighted by Crippen LogP contribution is -2.38. The van der Waals surface area contributed by atoms with Crippen molar-refractivity contribution in [1.82, 2.24) is 15.2 Å². The van der Waals surface area contributed by atoms with E-state index >= 15 is 0 Å². The largest absolute Gasteiger partial charge is 0.467 e. The number of carbonyl (C=O) groups excluding carboxylic acids is 2. The molecule has 3 rings (SSSR count). The van der Waals surface area contributed by atoms with Gasteiger partial charge in [0.15, 0.2) is 0 Å². The fourth-order valence-electron chi connectivity index (χ4n) is 2.70. The quantitative estimate of drug-likeness (QED) is 0.642. The van der Waals surface area contributed by atoms with Crippen LogP contribution in [0.1, 0.15) is 27.2 Å². The summed E-state index contributed by atoms with van der Waals surface area (Å²) in [6.45, 7) is 4.29. The van der Waals surface area contributed by atoms with Gasteiger partial charge in [0.05, 0.1) is 24.9 Å². The second-order valence-electron chi connectivity index (χ2n) is 6.74. The predicted molar refractivity (Wildman–Crippen MR) is 112 cm³/mol. The molecule has 0 bridgehead atoms. The number of amides is 2. The molecule has 0 aliphatic carbocycles. The van der Waals surface area contributed by atoms with Crippen molar-refractivity contribution >= 4 is 23.6 Å². The smallest absolute Gasteiger partial charge is 0.256 e. The first-order chi connectivity index (χ1) is 13.9. The number of nitrogens with one attached hydrogen (secondary N) is 1. The highest BCUT2D eigenvalue weighted by molar-refractivity contribution is 7.99. The van der Waals surface area contributed by atoms with Crippen LogP contribution >= 0.6 is 11.8 Å². The minimum Gasteiger partial charge on any atom is -0.467 e. The standard InChI is InChI=1S/C22H23N3O3S/c1-15-8-9-16(2)19(12-15)29-21-18(7-4-10-23-21)22(27)25(3)14-20(26)24-13-17-6-5-11-28-17/h4-12H,13-14H2,1-3H3,(H,24,26). The van der Waals surface area contributed by atoms with Crippen LogP contribution in [0.4, 0.5) is 0 Å². The molecule has 29 heavy (non-hydrogen) atoms. The van der Waals surface area contributed by atoms with Gasteiger partial charge < -0.3 is 14.6 Å². The van der Waals surface area contributed by atoms with E-state index in [0.717, 1.165) is 16.0 Å². The van der Waals surface area contributed by atoms with Gasteiger partial charge in [0.2, 0.25) is 5.91 Å². The third-order valence-electron chi connectivity index (χ3n) is 4.32. The first-order valence-electron chi connectivity index (χ1n) is 9.18. The molecule has 1 aromatic carbocycles. The highest BCUT2D eigenvalue weighted by Crippen LogP contribution is 2.32. The Labute approximate surface area is 174 Å². The van der Waals surface area contributed by atoms with Crippen LogP contribution in [0.5, 0.6) is 0 Å². The Morgan fingerprint density at radius 2 is 2.00 bits per heavy atom. The lowest BCUT2D eigenvalue weighted by molar-refractivity contribution is -0.121. The summed E-state index contributed by atoms with van der Waals surface area (Å²) >= 11 is 1.46. The second-order valence-corrected chi connectivity index (χ2v) is 7.78. The molecule has 2 amide bonds. The number of aromatic nitrogens is 1. The molecule has 3 aromatic rings. The van der Waals surface area contributed by atoms with Crippen LogP contribution in [0.3, 0.4) is 0 Å². The van der Waals surface area contributed by atoms with E-state index in [9.17, 15) is 9.59 Å². The van der Waals surface area contributed by atoms with E-state index in [0.29, 0.717) is 16.3 Å². The summed E-state index contributed by atoms with van der Waals surface area (Å²) in [5, 5.41) is 3.36. The fourth-order valence-corrected chi connectivity index (χ4v) is 3.76. The summed E-state index contributed by atoms with van der Waals surface area (Å²) in [5.41, 5.74) is 2.74. The van der Waals surface area contributed by atoms with E-state index in [-0.39, 0.29) is 24.9 Å². The third kappa shape index (κ3) is 5.48. The van der Waals surface area contributed by atoms with E-state index in [1.54, 1.807) is 43.8 Å². The number of nitrogens with zero attached hydrogens (tertiary/aromatic N) is 2. The normalized spacial score (nSPS) is 10.6. The first-order valence-corrected chi connectivity index (χ1v) is 10.0. The zero-order chi connectivity index (χ0) is 20.8. The van der Waals surface area contributed by atoms with Crippen molar-refractivity contribution in [2.75, 3.05) is 13.6 Å². The SMILES string of the molecule is Cc1ccc(C)c(Sc2ncccc2C(=O)N(C)CC(=O)NCc2ccco2)c1. The molecule has 0 aliphatic heterocycles. The first kappa shape index (κ1) is 20.7. The van der Waals surface area contributed by atoms with Gasteiger partial charge >= 0.3 is 0 Å². The van der Waals surface area contributed by atoms with Gasteiger partial charge in [0, 0.05) is 18.1 Å². The molecule has 0 spiro atoms. The van der Waals surface area contributed by atoms with Gasteiger partial charge in [-0.3, -0.25) is 9.59 Å². The molecule has 0 saturated carbocycles. The maximum Gasteiger partial charge on any atom is 0.256 e. The van der Waals surface area contributed by atoms with Crippen molar-refractivity contribution in [3.8, 4) is 0 Å². The van der Waals surface area contributed by atoms with Crippen LogP contribution in [0.2, 0.25) is 0 Å². The number of pyridine rings is 1. The van der Waals surface area contributed by atoms with Crippen LogP contribution in [-0.2, 0) is 11.3 Å². The van der Waals surface area contributed by atoms with Gasteiger partial charge in [-0.1, -0.05) is 23.9 Å². The van der Waals surface area contributed by atoms with Crippen molar-refractivity contribution in [3.63, 3.8) is 0 Å². The molecule has 0 saturated heterocycles. The fraction of sp³-hybridized carbons (Fsp3) is 0.227. The molecule has 0 atom stereocenters. The number of aryl methyl sites for hydroxylation is 2. The lowest BCUT2D eigenvalue weighted by atomic mass is 10.2. The number of benzene rings is 1. The van der Waals surface area contributed by atoms with Gasteiger partial charge in [-0.2, -0.15) is 0 Å². The molecule has 1 N–H and O–H groups in total. The Morgan fingerprint density at radius 3 is 2.76 bits per heavy atom. The Kier molecular flexibility index (Phi) is 6.72. The van der Waals surface area contributed by atoms with Gasteiger partial charge in [0.25, 0.3) is 5.91 Å². The molecular formula is C22H23N3O3S. The lowest BCUT2D eigenvalue weighted by Gasteiger charge is -2.18. The van der Waals surface area contributed by atoms with Crippen LogP contribution in [0.25, 0.3) is 0 Å². The highest BCUT2D eigenvalue weighted by atomic mass is 32.2. The number of likely N-dealkylation sites (N-methyl/N-ethyl adjacent to an activating group) is 1. The summed E-state index contributed by atoms with van der Waals surface area (Å²) < 4.78 is 5.19. The average molecular weight is 410 g/mol. The number of hydrogen-bond donors (Lipinski definition) is 1. The summed E-state index contributed by atoms with van der Waals surface area (Å²) in [7, 11) is 1.61. The summed E-state index contributed by atoms with van der Waals surface area (Å²) in [6.07, 6.45) is 3.22. The van der Waals surface area contributed by atoms with Crippen molar-refractivity contribution < 1.29 is 14.0 Å². The third-order valence-corrected chi connectivity index (χ3v) is 5.50. The number of furan rings is 1. The van der Waals surface area contributed by atoms with Gasteiger partial charge in [0.1, 0.15) is 10.8 Å². The van der Waals surface area contributed by atoms with Gasteiger partial charge in [-0.05, 0) is 55.3 Å². The topological polar surface area (TPSA) is 75.4 Å². The monoisotopic (exact) mass is 409 g/mol. The van der Waals surface area contributed by atoms with Crippen molar-refractivity contribution in [3.05, 3.63) is 77.4 Å². The zero-order valence-corrected chi connectivity index (χ0v) is 17.5. The number of rotatable bonds is 7. The maximum atomic E-state index is 13.0. The molecule has 6 nitrogen and oxygen atoms in total. The van der Waals surface area contributed by atoms with Crippen LogP contribution in [0, 0.1) is 13.8 Å². The van der Waals surface area contributed by atoms with E-state index in [4.69, 9.17) is 4.42 Å². The van der Waals surface area contributed by atoms with Crippen LogP contribution < -0.4 is 5.32 Å². The molecule has 7 heteroatoms. The second kappa shape index (κ2) is 9.43. The highest BCUT2D eigenvalue weighted by Gasteiger charge is 2.20. The van der Waals surface area contributed by atoms with Gasteiger partial charge in [-0.25, -0.2) is 4.98 Å². The molecule has 0 unspecified atom stereocenters. The average Bonchev–Trinajstić information content (AvgIpc) is 3.23. The maximum absolute atomic E-state index is 13.0. The van der Waals surface area contributed by atoms with E-state index in [1.807, 2.05) is 13.8 Å². The van der Waals surface area contributed by atoms with Crippen molar-refractivity contribution in [2.24, 2.45) is 0 Å². The minimum atomic E-state index is -0.259. The molecule has 2 aromatic heterocycles. The van der Waals surface area contributed by atoms with Crippen molar-refractivity contribution in [1.29, 1.82) is 0 Å². The molecular weight excluding hydrogens is 386 g/mol. The Bertz CT molecular complexity index is 1000. The molecule has 0 radical (unpaired) electrons. The Hall–Kier alpha value is -3.06. The summed E-state index contributed by atoms with van der Waals surface area (Å²) in [6, 6.07) is 13.2. The Morgan fingerprint density at radius 1 is 1.17 bits per heavy atom. The molecule has 2 heterocycles. The van der Waals surface area contributed by atoms with Crippen LogP contribution in [0.15, 0.2) is 69.3 Å². The number of hydrogen-bond acceptors (Lipinski definition) is 5. The summed E-state index contributed by atoms with van der Waals surface area (Å²) in [4.78, 5) is 32.0. The van der Waals surface area contributed by atoms with E-state index in [1.165, 1.54) is 16.7 Å².